The molecule has 5 heteroatoms. The largest absolute Gasteiger partial charge is 0.507 e. The van der Waals surface area contributed by atoms with E-state index in [0.717, 1.165) is 28.5 Å². The van der Waals surface area contributed by atoms with Crippen LogP contribution < -0.4 is 4.90 Å². The molecule has 1 N–H and O–H groups in total. The molecule has 2 heterocycles. The van der Waals surface area contributed by atoms with Crippen LogP contribution in [-0.2, 0) is 21.1 Å². The van der Waals surface area contributed by atoms with Gasteiger partial charge in [0.05, 0.1) is 5.69 Å². The van der Waals surface area contributed by atoms with Gasteiger partial charge >= 0.3 is 0 Å². The Hall–Kier alpha value is -4.53. The van der Waals surface area contributed by atoms with Crippen LogP contribution in [0.25, 0.3) is 22.5 Å². The number of phenolic OH excluding ortho intramolecular Hbond substituents is 1. The fourth-order valence-corrected chi connectivity index (χ4v) is 4.89. The van der Waals surface area contributed by atoms with E-state index in [4.69, 9.17) is 4.98 Å². The van der Waals surface area contributed by atoms with Gasteiger partial charge in [-0.15, -0.1) is 29.8 Å². The average molecular weight is 714 g/mol. The van der Waals surface area contributed by atoms with Gasteiger partial charge in [0.25, 0.3) is 0 Å². The fraction of sp³-hybridized carbons (Fsp3) is 0.0556. The second-order valence-electron chi connectivity index (χ2n) is 9.62. The molecule has 0 amide bonds. The molecule has 0 aliphatic rings. The molecular weight excluding hydrogens is 685 g/mol. The third-order valence-corrected chi connectivity index (χ3v) is 7.05. The summed E-state index contributed by atoms with van der Waals surface area (Å²) in [5, 5.41) is 10.4. The van der Waals surface area contributed by atoms with Crippen LogP contribution in [0.15, 0.2) is 140 Å². The molecule has 1 atom stereocenters. The van der Waals surface area contributed by atoms with E-state index in [1.165, 1.54) is 11.1 Å². The van der Waals surface area contributed by atoms with Gasteiger partial charge in [-0.2, -0.15) is 0 Å². The Morgan fingerprint density at radius 2 is 1.34 bits per heavy atom. The summed E-state index contributed by atoms with van der Waals surface area (Å²) in [6.07, 6.45) is 1.80. The molecule has 0 bridgehead atoms. The summed E-state index contributed by atoms with van der Waals surface area (Å²) in [6.45, 7) is 2.23. The van der Waals surface area contributed by atoms with Crippen molar-refractivity contribution in [3.05, 3.63) is 157 Å². The zero-order valence-corrected chi connectivity index (χ0v) is 24.7. The molecule has 1 unspecified atom stereocenters. The van der Waals surface area contributed by atoms with Crippen LogP contribution in [0, 0.1) is 6.07 Å². The molecule has 204 valence electrons. The number of aromatic nitrogens is 2. The van der Waals surface area contributed by atoms with Crippen LogP contribution in [0.2, 0.25) is 0 Å². The van der Waals surface area contributed by atoms with Crippen LogP contribution in [0.3, 0.4) is 0 Å². The Labute approximate surface area is 255 Å². The molecule has 4 aromatic carbocycles. The van der Waals surface area contributed by atoms with Gasteiger partial charge in [0.2, 0.25) is 0 Å². The predicted octanol–water partition coefficient (Wildman–Crippen LogP) is 8.94. The first-order valence-electron chi connectivity index (χ1n) is 13.3. The number of nitrogens with zero attached hydrogens (tertiary/aromatic N) is 3. The second-order valence-corrected chi connectivity index (χ2v) is 9.62. The van der Waals surface area contributed by atoms with Gasteiger partial charge in [-0.3, -0.25) is 4.98 Å². The maximum Gasteiger partial charge on any atom is 0.136 e. The Balaban J connectivity index is 0.00000337. The number of para-hydroxylation sites is 1. The van der Waals surface area contributed by atoms with Crippen molar-refractivity contribution >= 4 is 17.2 Å². The minimum atomic E-state index is 0. The number of pyridine rings is 2. The van der Waals surface area contributed by atoms with Gasteiger partial charge in [0, 0.05) is 44.4 Å². The molecule has 41 heavy (non-hydrogen) atoms. The van der Waals surface area contributed by atoms with E-state index in [-0.39, 0.29) is 32.7 Å². The summed E-state index contributed by atoms with van der Waals surface area (Å²) in [7, 11) is 0. The topological polar surface area (TPSA) is 49.2 Å². The Morgan fingerprint density at radius 1 is 0.659 bits per heavy atom. The zero-order chi connectivity index (χ0) is 27.3. The van der Waals surface area contributed by atoms with Crippen LogP contribution in [0.1, 0.15) is 24.0 Å². The van der Waals surface area contributed by atoms with Crippen LogP contribution in [0.5, 0.6) is 5.75 Å². The number of anilines is 3. The molecular formula is C36H28N3OPt-. The fourth-order valence-electron chi connectivity index (χ4n) is 4.89. The van der Waals surface area contributed by atoms with Crippen LogP contribution >= 0.6 is 0 Å². The van der Waals surface area contributed by atoms with Gasteiger partial charge < -0.3 is 10.0 Å². The SMILES string of the molecule is CC(c1ccccc1)c1ccc(N(c2[c-]c(-c3cccc(-c4ccccc4O)n3)ccc2)c2ccccn2)cc1.[Pt]. The molecule has 0 aliphatic heterocycles. The monoisotopic (exact) mass is 713 g/mol. The van der Waals surface area contributed by atoms with E-state index in [0.29, 0.717) is 11.3 Å². The number of hydrogen-bond donors (Lipinski definition) is 1. The Kier molecular flexibility index (Phi) is 8.72. The van der Waals surface area contributed by atoms with E-state index >= 15 is 0 Å². The second kappa shape index (κ2) is 12.8. The number of benzene rings is 4. The predicted molar refractivity (Wildman–Crippen MR) is 162 cm³/mol. The summed E-state index contributed by atoms with van der Waals surface area (Å²) in [5.41, 5.74) is 7.41. The van der Waals surface area contributed by atoms with Crippen molar-refractivity contribution in [3.8, 4) is 28.3 Å². The quantitative estimate of drug-likeness (QED) is 0.168. The van der Waals surface area contributed by atoms with Crippen molar-refractivity contribution in [2.45, 2.75) is 12.8 Å². The molecule has 4 nitrogen and oxygen atoms in total. The number of hydrogen-bond acceptors (Lipinski definition) is 4. The first kappa shape index (κ1) is 28.0. The summed E-state index contributed by atoms with van der Waals surface area (Å²) >= 11 is 0. The number of rotatable bonds is 7. The molecule has 0 radical (unpaired) electrons. The van der Waals surface area contributed by atoms with E-state index in [1.807, 2.05) is 72.8 Å². The molecule has 0 aliphatic carbocycles. The van der Waals surface area contributed by atoms with Gasteiger partial charge in [-0.1, -0.05) is 79.7 Å². The van der Waals surface area contributed by atoms with Crippen molar-refractivity contribution in [2.24, 2.45) is 0 Å². The molecule has 2 aromatic heterocycles. The van der Waals surface area contributed by atoms with Crippen molar-refractivity contribution in [1.82, 2.24) is 9.97 Å². The summed E-state index contributed by atoms with van der Waals surface area (Å²) in [4.78, 5) is 11.6. The smallest absolute Gasteiger partial charge is 0.136 e. The normalized spacial score (nSPS) is 11.3. The zero-order valence-electron chi connectivity index (χ0n) is 22.5. The molecule has 6 rings (SSSR count). The first-order chi connectivity index (χ1) is 19.7. The molecule has 6 aromatic rings. The maximum absolute atomic E-state index is 10.4. The van der Waals surface area contributed by atoms with Crippen molar-refractivity contribution in [2.75, 3.05) is 4.90 Å². The van der Waals surface area contributed by atoms with E-state index in [1.54, 1.807) is 18.3 Å². The third kappa shape index (κ3) is 6.14. The average Bonchev–Trinajstić information content (AvgIpc) is 3.03. The summed E-state index contributed by atoms with van der Waals surface area (Å²) in [6, 6.07) is 47.8. The van der Waals surface area contributed by atoms with E-state index < -0.39 is 0 Å². The molecule has 0 saturated carbocycles. The van der Waals surface area contributed by atoms with E-state index in [2.05, 4.69) is 71.4 Å². The minimum Gasteiger partial charge on any atom is -0.507 e. The van der Waals surface area contributed by atoms with Gasteiger partial charge in [-0.25, -0.2) is 4.98 Å². The van der Waals surface area contributed by atoms with Crippen LogP contribution in [-0.4, -0.2) is 15.1 Å². The van der Waals surface area contributed by atoms with Gasteiger partial charge in [-0.05, 0) is 65.0 Å². The maximum atomic E-state index is 10.4. The van der Waals surface area contributed by atoms with Gasteiger partial charge in [0.15, 0.2) is 0 Å². The Bertz CT molecular complexity index is 1720. The molecule has 0 fully saturated rings. The van der Waals surface area contributed by atoms with Crippen molar-refractivity contribution in [1.29, 1.82) is 0 Å². The Morgan fingerprint density at radius 3 is 2.10 bits per heavy atom. The third-order valence-electron chi connectivity index (χ3n) is 7.05. The van der Waals surface area contributed by atoms with E-state index in [9.17, 15) is 5.11 Å². The van der Waals surface area contributed by atoms with Crippen molar-refractivity contribution in [3.63, 3.8) is 0 Å². The molecule has 0 spiro atoms. The summed E-state index contributed by atoms with van der Waals surface area (Å²) in [5.74, 6) is 1.29. The number of phenols is 1. The minimum absolute atomic E-state index is 0. The van der Waals surface area contributed by atoms with Crippen molar-refractivity contribution < 1.29 is 26.2 Å². The van der Waals surface area contributed by atoms with Crippen LogP contribution in [0.4, 0.5) is 17.2 Å². The molecule has 0 saturated heterocycles. The standard InChI is InChI=1S/C36H28N3O.Pt/c1-26(27-11-3-2-4-12-27)28-20-22-30(23-21-28)39(36-19-7-8-24-37-36)31-14-9-13-29(25-31)33-16-10-17-34(38-33)32-15-5-6-18-35(32)40;/h2-24,26,40H,1H3;/q-1;. The number of aromatic hydroxyl groups is 1. The first-order valence-corrected chi connectivity index (χ1v) is 13.3. The summed E-state index contributed by atoms with van der Waals surface area (Å²) < 4.78 is 0. The van der Waals surface area contributed by atoms with Gasteiger partial charge in [0.1, 0.15) is 11.6 Å².